The van der Waals surface area contributed by atoms with Gasteiger partial charge in [-0.2, -0.15) is 0 Å². The van der Waals surface area contributed by atoms with Crippen LogP contribution in [0.4, 0.5) is 0 Å². The summed E-state index contributed by atoms with van der Waals surface area (Å²) in [5.41, 5.74) is 2.89. The molecular formula is C16H21N5O3S. The Balaban J connectivity index is 1.66. The molecule has 2 aromatic rings. The fraction of sp³-hybridized carbons (Fsp3) is 0.438. The number of benzene rings is 1. The Morgan fingerprint density at radius 3 is 3.08 bits per heavy atom. The van der Waals surface area contributed by atoms with Crippen LogP contribution in [0.2, 0.25) is 0 Å². The highest BCUT2D eigenvalue weighted by molar-refractivity contribution is 7.99. The number of aliphatic hydroxyl groups excluding tert-OH is 1. The molecule has 3 rings (SSSR count). The van der Waals surface area contributed by atoms with Crippen molar-refractivity contribution in [1.82, 2.24) is 20.9 Å². The lowest BCUT2D eigenvalue weighted by Crippen LogP contribution is -2.29. The van der Waals surface area contributed by atoms with Crippen molar-refractivity contribution < 1.29 is 14.9 Å². The maximum absolute atomic E-state index is 9.44. The molecule has 0 spiro atoms. The Bertz CT molecular complexity index is 734. The van der Waals surface area contributed by atoms with Crippen LogP contribution < -0.4 is 10.6 Å². The number of nitrogens with one attached hydrogen (secondary N) is 2. The Morgan fingerprint density at radius 1 is 1.44 bits per heavy atom. The smallest absolute Gasteiger partial charge is 0.198 e. The van der Waals surface area contributed by atoms with Crippen LogP contribution in [0, 0.1) is 0 Å². The van der Waals surface area contributed by atoms with Gasteiger partial charge < -0.3 is 15.6 Å². The SMILES string of the molecule is CC(O)NCCSc1nonc1/C(=N/O)N[C@H]1CCc2ccccc21. The average Bonchev–Trinajstić information content (AvgIpc) is 3.23. The summed E-state index contributed by atoms with van der Waals surface area (Å²) in [5, 5.41) is 36.4. The number of fused-ring (bicyclic) bond motifs is 1. The third-order valence-corrected chi connectivity index (χ3v) is 4.96. The molecule has 8 nitrogen and oxygen atoms in total. The molecule has 1 aromatic heterocycles. The van der Waals surface area contributed by atoms with Crippen molar-refractivity contribution in [2.75, 3.05) is 12.3 Å². The van der Waals surface area contributed by atoms with Crippen LogP contribution >= 0.6 is 11.8 Å². The van der Waals surface area contributed by atoms with E-state index in [2.05, 4.69) is 38.2 Å². The predicted octanol–water partition coefficient (Wildman–Crippen LogP) is 1.50. The van der Waals surface area contributed by atoms with Gasteiger partial charge in [-0.1, -0.05) is 41.2 Å². The molecule has 1 aromatic carbocycles. The summed E-state index contributed by atoms with van der Waals surface area (Å²) in [6.45, 7) is 2.26. The summed E-state index contributed by atoms with van der Waals surface area (Å²) in [7, 11) is 0. The molecule has 0 aliphatic heterocycles. The number of amidine groups is 1. The molecular weight excluding hydrogens is 342 g/mol. The van der Waals surface area contributed by atoms with Gasteiger partial charge in [0.05, 0.1) is 6.04 Å². The van der Waals surface area contributed by atoms with E-state index in [0.717, 1.165) is 12.8 Å². The molecule has 1 aliphatic carbocycles. The fourth-order valence-corrected chi connectivity index (χ4v) is 3.62. The van der Waals surface area contributed by atoms with E-state index in [1.54, 1.807) is 6.92 Å². The van der Waals surface area contributed by atoms with E-state index >= 15 is 0 Å². The number of rotatable bonds is 7. The number of thioether (sulfide) groups is 1. The van der Waals surface area contributed by atoms with Crippen molar-refractivity contribution in [2.24, 2.45) is 5.16 Å². The molecule has 0 saturated heterocycles. The monoisotopic (exact) mass is 363 g/mol. The van der Waals surface area contributed by atoms with Crippen molar-refractivity contribution in [3.05, 3.63) is 41.1 Å². The van der Waals surface area contributed by atoms with Gasteiger partial charge in [-0.15, -0.1) is 0 Å². The minimum atomic E-state index is -0.561. The van der Waals surface area contributed by atoms with E-state index in [1.165, 1.54) is 22.9 Å². The highest BCUT2D eigenvalue weighted by Gasteiger charge is 2.26. The summed E-state index contributed by atoms with van der Waals surface area (Å²) in [6, 6.07) is 8.28. The number of aliphatic hydroxyl groups is 1. The number of hydrogen-bond acceptors (Lipinski definition) is 8. The number of hydrogen-bond donors (Lipinski definition) is 4. The Kier molecular flexibility index (Phi) is 5.90. The minimum Gasteiger partial charge on any atom is -0.409 e. The standard InChI is InChI=1S/C16H21N5O3S/c1-10(22)17-8-9-25-16-14(20-24-21-16)15(19-23)18-13-7-6-11-4-2-3-5-12(11)13/h2-5,10,13,17,22-23H,6-9H2,1H3,(H,18,19)/t10?,13-/m0/s1. The van der Waals surface area contributed by atoms with Crippen LogP contribution in [0.15, 0.2) is 39.1 Å². The van der Waals surface area contributed by atoms with Gasteiger partial charge in [0.25, 0.3) is 0 Å². The average molecular weight is 363 g/mol. The zero-order chi connectivity index (χ0) is 17.6. The van der Waals surface area contributed by atoms with Crippen molar-refractivity contribution in [2.45, 2.75) is 37.1 Å². The highest BCUT2D eigenvalue weighted by Crippen LogP contribution is 2.31. The topological polar surface area (TPSA) is 116 Å². The molecule has 25 heavy (non-hydrogen) atoms. The minimum absolute atomic E-state index is 0.0635. The number of aryl methyl sites for hydroxylation is 1. The van der Waals surface area contributed by atoms with Crippen molar-refractivity contribution in [1.29, 1.82) is 0 Å². The maximum atomic E-state index is 9.44. The molecule has 9 heteroatoms. The zero-order valence-corrected chi connectivity index (χ0v) is 14.7. The molecule has 0 radical (unpaired) electrons. The lowest BCUT2D eigenvalue weighted by atomic mass is 10.1. The Morgan fingerprint density at radius 2 is 2.28 bits per heavy atom. The quantitative estimate of drug-likeness (QED) is 0.111. The molecule has 1 unspecified atom stereocenters. The molecule has 1 heterocycles. The predicted molar refractivity (Wildman–Crippen MR) is 93.7 cm³/mol. The first-order chi connectivity index (χ1) is 12.2. The van der Waals surface area contributed by atoms with Crippen molar-refractivity contribution in [3.8, 4) is 0 Å². The van der Waals surface area contributed by atoms with Crippen molar-refractivity contribution in [3.63, 3.8) is 0 Å². The molecule has 0 amide bonds. The maximum Gasteiger partial charge on any atom is 0.198 e. The van der Waals surface area contributed by atoms with Crippen LogP contribution in [0.25, 0.3) is 0 Å². The Hall–Kier alpha value is -2.10. The molecule has 0 saturated carbocycles. The van der Waals surface area contributed by atoms with E-state index in [-0.39, 0.29) is 11.9 Å². The van der Waals surface area contributed by atoms with E-state index in [4.69, 9.17) is 4.63 Å². The van der Waals surface area contributed by atoms with Crippen LogP contribution in [0.5, 0.6) is 0 Å². The first kappa shape index (κ1) is 17.7. The van der Waals surface area contributed by atoms with Gasteiger partial charge in [-0.25, -0.2) is 4.63 Å². The van der Waals surface area contributed by atoms with Crippen LogP contribution in [-0.2, 0) is 6.42 Å². The lowest BCUT2D eigenvalue weighted by Gasteiger charge is -2.15. The summed E-state index contributed by atoms with van der Waals surface area (Å²) < 4.78 is 4.82. The number of nitrogens with zero attached hydrogens (tertiary/aromatic N) is 3. The van der Waals surface area contributed by atoms with Gasteiger partial charge in [-0.05, 0) is 41.2 Å². The van der Waals surface area contributed by atoms with E-state index in [1.807, 2.05) is 12.1 Å². The summed E-state index contributed by atoms with van der Waals surface area (Å²) in [5.74, 6) is 0.908. The largest absolute Gasteiger partial charge is 0.409 e. The van der Waals surface area contributed by atoms with Gasteiger partial charge in [0.1, 0.15) is 6.23 Å². The fourth-order valence-electron chi connectivity index (χ4n) is 2.85. The first-order valence-electron chi connectivity index (χ1n) is 8.12. The zero-order valence-electron chi connectivity index (χ0n) is 13.8. The highest BCUT2D eigenvalue weighted by atomic mass is 32.2. The second-order valence-corrected chi connectivity index (χ2v) is 6.86. The molecule has 4 N–H and O–H groups in total. The molecule has 0 fully saturated rings. The number of aromatic nitrogens is 2. The molecule has 0 bridgehead atoms. The summed E-state index contributed by atoms with van der Waals surface area (Å²) >= 11 is 1.41. The molecule has 134 valence electrons. The second kappa shape index (κ2) is 8.32. The van der Waals surface area contributed by atoms with Gasteiger partial charge >= 0.3 is 0 Å². The first-order valence-corrected chi connectivity index (χ1v) is 9.11. The third kappa shape index (κ3) is 4.30. The third-order valence-electron chi connectivity index (χ3n) is 4.01. The van der Waals surface area contributed by atoms with E-state index in [0.29, 0.717) is 23.0 Å². The number of oxime groups is 1. The van der Waals surface area contributed by atoms with E-state index in [9.17, 15) is 10.3 Å². The normalized spacial score (nSPS) is 18.2. The van der Waals surface area contributed by atoms with Gasteiger partial charge in [-0.3, -0.25) is 5.32 Å². The summed E-state index contributed by atoms with van der Waals surface area (Å²) in [6.07, 6.45) is 1.34. The van der Waals surface area contributed by atoms with Gasteiger partial charge in [0.15, 0.2) is 16.6 Å². The summed E-state index contributed by atoms with van der Waals surface area (Å²) in [4.78, 5) is 0. The van der Waals surface area contributed by atoms with Gasteiger partial charge in [0.2, 0.25) is 0 Å². The van der Waals surface area contributed by atoms with Crippen LogP contribution in [0.1, 0.15) is 36.2 Å². The molecule has 1 aliphatic rings. The van der Waals surface area contributed by atoms with Crippen LogP contribution in [0.3, 0.4) is 0 Å². The second-order valence-electron chi connectivity index (χ2n) is 5.78. The Labute approximate surface area is 149 Å². The van der Waals surface area contributed by atoms with Crippen LogP contribution in [-0.4, -0.2) is 45.0 Å². The van der Waals surface area contributed by atoms with Crippen molar-refractivity contribution >= 4 is 17.6 Å². The van der Waals surface area contributed by atoms with Gasteiger partial charge in [0, 0.05) is 12.3 Å². The lowest BCUT2D eigenvalue weighted by molar-refractivity contribution is 0.160. The van der Waals surface area contributed by atoms with E-state index < -0.39 is 6.23 Å². The molecule has 2 atom stereocenters.